The molecule has 4 rings (SSSR count). The number of benzene rings is 1. The first-order valence-corrected chi connectivity index (χ1v) is 10.3. The average Bonchev–Trinajstić information content (AvgIpc) is 3.04. The number of piperidine rings is 1. The Balaban J connectivity index is 1.57. The topological polar surface area (TPSA) is 61.5 Å². The molecule has 1 aliphatic heterocycles. The molecule has 0 radical (unpaired) electrons. The minimum absolute atomic E-state index is 0.110. The fraction of sp³-hybridized carbons (Fsp3) is 0.591. The van der Waals surface area contributed by atoms with Crippen molar-refractivity contribution >= 4 is 0 Å². The van der Waals surface area contributed by atoms with Crippen LogP contribution in [0.15, 0.2) is 36.5 Å². The summed E-state index contributed by atoms with van der Waals surface area (Å²) in [6, 6.07) is 10.7. The number of hydrogen-bond donors (Lipinski definition) is 2. The standard InChI is InChI=1S/C22H31N3O2/c1-17-18(16-25(23-17)13-14-26)15-24-12-11-22(27,19-7-3-2-4-8-19)20-9-5-6-10-21(20)24/h2-4,7-8,16,20-21,26-27H,5-6,9-15H2,1H3/t20-,21-,22+/m0/s1. The van der Waals surface area contributed by atoms with Crippen molar-refractivity contribution < 1.29 is 10.2 Å². The van der Waals surface area contributed by atoms with Crippen molar-refractivity contribution in [2.24, 2.45) is 5.92 Å². The molecule has 2 aliphatic rings. The van der Waals surface area contributed by atoms with Gasteiger partial charge in [-0.2, -0.15) is 5.10 Å². The highest BCUT2D eigenvalue weighted by atomic mass is 16.3. The lowest BCUT2D eigenvalue weighted by molar-refractivity contribution is -0.123. The molecule has 1 saturated heterocycles. The van der Waals surface area contributed by atoms with Gasteiger partial charge in [-0.25, -0.2) is 0 Å². The molecule has 146 valence electrons. The van der Waals surface area contributed by atoms with E-state index in [0.29, 0.717) is 12.6 Å². The summed E-state index contributed by atoms with van der Waals surface area (Å²) in [5.41, 5.74) is 2.64. The van der Waals surface area contributed by atoms with E-state index in [-0.39, 0.29) is 12.5 Å². The number of rotatable bonds is 5. The minimum atomic E-state index is -0.709. The van der Waals surface area contributed by atoms with Gasteiger partial charge in [0.2, 0.25) is 0 Å². The van der Waals surface area contributed by atoms with Gasteiger partial charge in [0, 0.05) is 36.8 Å². The summed E-state index contributed by atoms with van der Waals surface area (Å²) < 4.78 is 1.84. The molecule has 1 saturated carbocycles. The van der Waals surface area contributed by atoms with Gasteiger partial charge in [0.05, 0.1) is 24.4 Å². The maximum atomic E-state index is 11.7. The Morgan fingerprint density at radius 3 is 2.74 bits per heavy atom. The second-order valence-corrected chi connectivity index (χ2v) is 8.20. The number of aliphatic hydroxyl groups is 2. The number of hydrogen-bond acceptors (Lipinski definition) is 4. The number of aliphatic hydroxyl groups excluding tert-OH is 1. The third kappa shape index (κ3) is 3.56. The monoisotopic (exact) mass is 369 g/mol. The SMILES string of the molecule is Cc1nn(CCO)cc1CN1CC[C@@](O)(c2ccccc2)[C@H]2CCCC[C@@H]21. The second kappa shape index (κ2) is 7.74. The van der Waals surface area contributed by atoms with E-state index >= 15 is 0 Å². The first-order valence-electron chi connectivity index (χ1n) is 10.3. The maximum absolute atomic E-state index is 11.7. The van der Waals surface area contributed by atoms with Crippen LogP contribution in [0.1, 0.15) is 48.9 Å². The summed E-state index contributed by atoms with van der Waals surface area (Å²) in [5.74, 6) is 0.287. The van der Waals surface area contributed by atoms with Crippen molar-refractivity contribution in [3.63, 3.8) is 0 Å². The molecule has 0 spiro atoms. The molecule has 2 N–H and O–H groups in total. The summed E-state index contributed by atoms with van der Waals surface area (Å²) in [7, 11) is 0. The molecule has 5 heteroatoms. The van der Waals surface area contributed by atoms with Crippen LogP contribution in [0.2, 0.25) is 0 Å². The number of aromatic nitrogens is 2. The van der Waals surface area contributed by atoms with Crippen molar-refractivity contribution in [2.45, 2.75) is 63.8 Å². The number of likely N-dealkylation sites (tertiary alicyclic amines) is 1. The minimum Gasteiger partial charge on any atom is -0.394 e. The predicted molar refractivity (Wildman–Crippen MR) is 105 cm³/mol. The van der Waals surface area contributed by atoms with Crippen LogP contribution in [0.5, 0.6) is 0 Å². The highest BCUT2D eigenvalue weighted by molar-refractivity contribution is 5.26. The molecule has 2 fully saturated rings. The molecule has 2 heterocycles. The molecular formula is C22H31N3O2. The summed E-state index contributed by atoms with van der Waals surface area (Å²) in [6.45, 7) is 4.48. The zero-order chi connectivity index (χ0) is 18.9. The van der Waals surface area contributed by atoms with Gasteiger partial charge in [0.25, 0.3) is 0 Å². The Bertz CT molecular complexity index is 760. The molecule has 5 nitrogen and oxygen atoms in total. The van der Waals surface area contributed by atoms with Crippen LogP contribution >= 0.6 is 0 Å². The Kier molecular flexibility index (Phi) is 5.35. The molecule has 0 bridgehead atoms. The van der Waals surface area contributed by atoms with Crippen LogP contribution in [-0.4, -0.2) is 44.1 Å². The van der Waals surface area contributed by atoms with Gasteiger partial charge >= 0.3 is 0 Å². The van der Waals surface area contributed by atoms with Crippen molar-refractivity contribution in [2.75, 3.05) is 13.2 Å². The quantitative estimate of drug-likeness (QED) is 0.851. The molecule has 1 aromatic heterocycles. The van der Waals surface area contributed by atoms with E-state index in [1.54, 1.807) is 0 Å². The van der Waals surface area contributed by atoms with Gasteiger partial charge in [0.1, 0.15) is 0 Å². The van der Waals surface area contributed by atoms with Gasteiger partial charge in [0.15, 0.2) is 0 Å². The van der Waals surface area contributed by atoms with E-state index in [2.05, 4.69) is 28.3 Å². The lowest BCUT2D eigenvalue weighted by Crippen LogP contribution is -2.57. The first kappa shape index (κ1) is 18.7. The van der Waals surface area contributed by atoms with E-state index in [0.717, 1.165) is 43.6 Å². The van der Waals surface area contributed by atoms with Crippen LogP contribution in [0.4, 0.5) is 0 Å². The maximum Gasteiger partial charge on any atom is 0.0951 e. The second-order valence-electron chi connectivity index (χ2n) is 8.20. The molecule has 1 aliphatic carbocycles. The van der Waals surface area contributed by atoms with Crippen LogP contribution < -0.4 is 0 Å². The molecule has 3 atom stereocenters. The van der Waals surface area contributed by atoms with Crippen molar-refractivity contribution in [1.29, 1.82) is 0 Å². The van der Waals surface area contributed by atoms with E-state index < -0.39 is 5.60 Å². The third-order valence-electron chi connectivity index (χ3n) is 6.62. The van der Waals surface area contributed by atoms with Crippen LogP contribution in [-0.2, 0) is 18.7 Å². The zero-order valence-corrected chi connectivity index (χ0v) is 16.2. The first-order chi connectivity index (χ1) is 13.1. The molecule has 1 aromatic carbocycles. The Morgan fingerprint density at radius 2 is 1.96 bits per heavy atom. The molecule has 27 heavy (non-hydrogen) atoms. The van der Waals surface area contributed by atoms with Crippen molar-refractivity contribution in [1.82, 2.24) is 14.7 Å². The normalized spacial score (nSPS) is 28.9. The fourth-order valence-electron chi connectivity index (χ4n) is 5.20. The largest absolute Gasteiger partial charge is 0.394 e. The lowest BCUT2D eigenvalue weighted by Gasteiger charge is -2.52. The summed E-state index contributed by atoms with van der Waals surface area (Å²) >= 11 is 0. The number of fused-ring (bicyclic) bond motifs is 1. The molecular weight excluding hydrogens is 338 g/mol. The highest BCUT2D eigenvalue weighted by Crippen LogP contribution is 2.47. The summed E-state index contributed by atoms with van der Waals surface area (Å²) in [5, 5.41) is 25.4. The smallest absolute Gasteiger partial charge is 0.0951 e. The Hall–Kier alpha value is -1.69. The van der Waals surface area contributed by atoms with Crippen molar-refractivity contribution in [3.05, 3.63) is 53.3 Å². The Morgan fingerprint density at radius 1 is 1.19 bits per heavy atom. The fourth-order valence-corrected chi connectivity index (χ4v) is 5.20. The van der Waals surface area contributed by atoms with Crippen LogP contribution in [0.3, 0.4) is 0 Å². The predicted octanol–water partition coefficient (Wildman–Crippen LogP) is 2.84. The molecule has 0 unspecified atom stereocenters. The van der Waals surface area contributed by atoms with Gasteiger partial charge in [-0.05, 0) is 31.7 Å². The van der Waals surface area contributed by atoms with Crippen LogP contribution in [0.25, 0.3) is 0 Å². The van der Waals surface area contributed by atoms with Gasteiger partial charge in [-0.1, -0.05) is 43.2 Å². The third-order valence-corrected chi connectivity index (χ3v) is 6.62. The van der Waals surface area contributed by atoms with E-state index in [1.165, 1.54) is 18.4 Å². The lowest BCUT2D eigenvalue weighted by atomic mass is 9.66. The number of nitrogens with zero attached hydrogens (tertiary/aromatic N) is 3. The Labute approximate surface area is 161 Å². The highest BCUT2D eigenvalue weighted by Gasteiger charge is 2.48. The summed E-state index contributed by atoms with van der Waals surface area (Å²) in [4.78, 5) is 2.56. The molecule has 2 aromatic rings. The molecule has 0 amide bonds. The number of aryl methyl sites for hydroxylation is 1. The van der Waals surface area contributed by atoms with E-state index in [9.17, 15) is 5.11 Å². The summed E-state index contributed by atoms with van der Waals surface area (Å²) in [6.07, 6.45) is 7.55. The van der Waals surface area contributed by atoms with Gasteiger partial charge in [-0.15, -0.1) is 0 Å². The zero-order valence-electron chi connectivity index (χ0n) is 16.2. The van der Waals surface area contributed by atoms with Crippen LogP contribution in [0, 0.1) is 12.8 Å². The van der Waals surface area contributed by atoms with E-state index in [1.807, 2.05) is 29.8 Å². The van der Waals surface area contributed by atoms with E-state index in [4.69, 9.17) is 5.11 Å². The van der Waals surface area contributed by atoms with Gasteiger partial charge in [-0.3, -0.25) is 9.58 Å². The van der Waals surface area contributed by atoms with Gasteiger partial charge < -0.3 is 10.2 Å². The average molecular weight is 370 g/mol. The van der Waals surface area contributed by atoms with Crippen molar-refractivity contribution in [3.8, 4) is 0 Å².